The van der Waals surface area contributed by atoms with Crippen molar-refractivity contribution in [3.8, 4) is 0 Å². The summed E-state index contributed by atoms with van der Waals surface area (Å²) in [5.41, 5.74) is 5.88. The molecule has 0 amide bonds. The summed E-state index contributed by atoms with van der Waals surface area (Å²) in [6.45, 7) is 3.71. The smallest absolute Gasteiger partial charge is 0.337 e. The highest BCUT2D eigenvalue weighted by atomic mass is 19.1. The number of benzene rings is 1. The molecule has 1 unspecified atom stereocenters. The average Bonchev–Trinajstić information content (AvgIpc) is 2.64. The van der Waals surface area contributed by atoms with E-state index in [1.54, 1.807) is 0 Å². The van der Waals surface area contributed by atoms with E-state index in [0.717, 1.165) is 38.4 Å². The number of aromatic carboxylic acids is 1. The van der Waals surface area contributed by atoms with E-state index in [9.17, 15) is 9.18 Å². The van der Waals surface area contributed by atoms with Gasteiger partial charge in [0, 0.05) is 18.8 Å². The Balaban J connectivity index is 2.21. The lowest BCUT2D eigenvalue weighted by Crippen LogP contribution is -2.25. The van der Waals surface area contributed by atoms with Crippen LogP contribution in [0, 0.1) is 11.7 Å². The number of hydrogen-bond donors (Lipinski definition) is 2. The standard InChI is InChI=1S/C16H23FN2O2/c1-2-4-11-5-3-7-19(8-6-11)15-9-12(16(20)21)14(18)10-13(15)17/h9-11H,2-8,18H2,1H3,(H,20,21). The van der Waals surface area contributed by atoms with Gasteiger partial charge in [0.1, 0.15) is 5.82 Å². The normalized spacial score (nSPS) is 19.3. The van der Waals surface area contributed by atoms with Crippen LogP contribution in [0.1, 0.15) is 49.4 Å². The van der Waals surface area contributed by atoms with Crippen LogP contribution in [0.3, 0.4) is 0 Å². The topological polar surface area (TPSA) is 66.6 Å². The monoisotopic (exact) mass is 294 g/mol. The van der Waals surface area contributed by atoms with E-state index in [2.05, 4.69) is 6.92 Å². The molecule has 1 heterocycles. The van der Waals surface area contributed by atoms with Crippen LogP contribution in [0.4, 0.5) is 15.8 Å². The maximum atomic E-state index is 14.1. The molecule has 1 fully saturated rings. The fourth-order valence-corrected chi connectivity index (χ4v) is 3.11. The number of carboxylic acid groups (broad SMARTS) is 1. The maximum Gasteiger partial charge on any atom is 0.337 e. The van der Waals surface area contributed by atoms with E-state index < -0.39 is 11.8 Å². The number of hydrogen-bond acceptors (Lipinski definition) is 3. The van der Waals surface area contributed by atoms with Crippen molar-refractivity contribution in [1.82, 2.24) is 0 Å². The summed E-state index contributed by atoms with van der Waals surface area (Å²) in [4.78, 5) is 13.1. The summed E-state index contributed by atoms with van der Waals surface area (Å²) < 4.78 is 14.1. The highest BCUT2D eigenvalue weighted by Gasteiger charge is 2.21. The molecule has 0 spiro atoms. The van der Waals surface area contributed by atoms with Crippen LogP contribution in [0.25, 0.3) is 0 Å². The lowest BCUT2D eigenvalue weighted by molar-refractivity contribution is 0.0698. The molecule has 1 aromatic rings. The molecule has 1 aromatic carbocycles. The largest absolute Gasteiger partial charge is 0.478 e. The number of nitrogens with two attached hydrogens (primary N) is 1. The van der Waals surface area contributed by atoms with Crippen LogP contribution in [0.2, 0.25) is 0 Å². The van der Waals surface area contributed by atoms with Crippen molar-refractivity contribution in [3.05, 3.63) is 23.5 Å². The van der Waals surface area contributed by atoms with Gasteiger partial charge in [-0.3, -0.25) is 0 Å². The number of anilines is 2. The third-order valence-corrected chi connectivity index (χ3v) is 4.23. The van der Waals surface area contributed by atoms with Crippen LogP contribution < -0.4 is 10.6 Å². The molecule has 2 rings (SSSR count). The zero-order valence-corrected chi connectivity index (χ0v) is 12.4. The Morgan fingerprint density at radius 2 is 2.19 bits per heavy atom. The first-order valence-corrected chi connectivity index (χ1v) is 7.60. The van der Waals surface area contributed by atoms with Gasteiger partial charge in [-0.25, -0.2) is 9.18 Å². The quantitative estimate of drug-likeness (QED) is 0.834. The molecular weight excluding hydrogens is 271 g/mol. The second-order valence-corrected chi connectivity index (χ2v) is 5.77. The summed E-state index contributed by atoms with van der Waals surface area (Å²) in [6.07, 6.45) is 5.58. The summed E-state index contributed by atoms with van der Waals surface area (Å²) >= 11 is 0. The van der Waals surface area contributed by atoms with Gasteiger partial charge in [0.2, 0.25) is 0 Å². The van der Waals surface area contributed by atoms with Crippen LogP contribution >= 0.6 is 0 Å². The lowest BCUT2D eigenvalue weighted by atomic mass is 9.96. The van der Waals surface area contributed by atoms with Crippen molar-refractivity contribution >= 4 is 17.3 Å². The molecule has 0 aliphatic carbocycles. The summed E-state index contributed by atoms with van der Waals surface area (Å²) in [5.74, 6) is -0.866. The first-order valence-electron chi connectivity index (χ1n) is 7.60. The fraction of sp³-hybridized carbons (Fsp3) is 0.562. The summed E-state index contributed by atoms with van der Waals surface area (Å²) in [5, 5.41) is 9.13. The number of halogens is 1. The zero-order chi connectivity index (χ0) is 15.4. The average molecular weight is 294 g/mol. The van der Waals surface area contributed by atoms with Gasteiger partial charge in [-0.1, -0.05) is 19.8 Å². The molecule has 1 aliphatic rings. The number of nitrogen functional groups attached to an aromatic ring is 1. The Bertz CT molecular complexity index is 519. The van der Waals surface area contributed by atoms with Gasteiger partial charge in [-0.2, -0.15) is 0 Å². The van der Waals surface area contributed by atoms with Crippen molar-refractivity contribution in [1.29, 1.82) is 0 Å². The molecule has 21 heavy (non-hydrogen) atoms. The Hall–Kier alpha value is -1.78. The minimum atomic E-state index is -1.12. The molecule has 0 saturated carbocycles. The third kappa shape index (κ3) is 3.65. The number of carbonyl (C=O) groups is 1. The van der Waals surface area contributed by atoms with Crippen molar-refractivity contribution in [2.75, 3.05) is 23.7 Å². The minimum absolute atomic E-state index is 0.0255. The second-order valence-electron chi connectivity index (χ2n) is 5.77. The van der Waals surface area contributed by atoms with Gasteiger partial charge in [0.25, 0.3) is 0 Å². The molecule has 3 N–H and O–H groups in total. The van der Waals surface area contributed by atoms with E-state index >= 15 is 0 Å². The molecule has 1 aliphatic heterocycles. The number of nitrogens with zero attached hydrogens (tertiary/aromatic N) is 1. The Morgan fingerprint density at radius 1 is 1.43 bits per heavy atom. The van der Waals surface area contributed by atoms with E-state index in [0.29, 0.717) is 11.6 Å². The van der Waals surface area contributed by atoms with Gasteiger partial charge in [-0.15, -0.1) is 0 Å². The SMILES string of the molecule is CCCC1CCCN(c2cc(C(=O)O)c(N)cc2F)CC1. The van der Waals surface area contributed by atoms with Crippen molar-refractivity contribution in [2.24, 2.45) is 5.92 Å². The van der Waals surface area contributed by atoms with Crippen LogP contribution in [0.15, 0.2) is 12.1 Å². The number of rotatable bonds is 4. The van der Waals surface area contributed by atoms with Gasteiger partial charge in [0.15, 0.2) is 0 Å². The maximum absolute atomic E-state index is 14.1. The Kier molecular flexibility index (Phi) is 5.04. The predicted molar refractivity (Wildman–Crippen MR) is 82.2 cm³/mol. The van der Waals surface area contributed by atoms with Crippen molar-refractivity contribution in [2.45, 2.75) is 39.0 Å². The van der Waals surface area contributed by atoms with Crippen LogP contribution in [0.5, 0.6) is 0 Å². The van der Waals surface area contributed by atoms with Crippen molar-refractivity contribution < 1.29 is 14.3 Å². The summed E-state index contributed by atoms with van der Waals surface area (Å²) in [6, 6.07) is 2.49. The molecule has 1 saturated heterocycles. The lowest BCUT2D eigenvalue weighted by Gasteiger charge is -2.24. The fourth-order valence-electron chi connectivity index (χ4n) is 3.11. The highest BCUT2D eigenvalue weighted by molar-refractivity contribution is 5.95. The molecule has 0 radical (unpaired) electrons. The van der Waals surface area contributed by atoms with Gasteiger partial charge >= 0.3 is 5.97 Å². The highest BCUT2D eigenvalue weighted by Crippen LogP contribution is 2.29. The second kappa shape index (κ2) is 6.78. The molecule has 4 nitrogen and oxygen atoms in total. The third-order valence-electron chi connectivity index (χ3n) is 4.23. The van der Waals surface area contributed by atoms with Gasteiger partial charge in [-0.05, 0) is 37.3 Å². The predicted octanol–water partition coefficient (Wildman–Crippen LogP) is 3.51. The summed E-state index contributed by atoms with van der Waals surface area (Å²) in [7, 11) is 0. The van der Waals surface area contributed by atoms with E-state index in [4.69, 9.17) is 10.8 Å². The molecular formula is C16H23FN2O2. The van der Waals surface area contributed by atoms with E-state index in [1.165, 1.54) is 18.9 Å². The molecule has 0 bridgehead atoms. The molecule has 5 heteroatoms. The molecule has 116 valence electrons. The first kappa shape index (κ1) is 15.6. The first-order chi connectivity index (χ1) is 10.0. The zero-order valence-electron chi connectivity index (χ0n) is 12.4. The van der Waals surface area contributed by atoms with Crippen LogP contribution in [-0.2, 0) is 0 Å². The van der Waals surface area contributed by atoms with Gasteiger partial charge < -0.3 is 15.7 Å². The van der Waals surface area contributed by atoms with Gasteiger partial charge in [0.05, 0.1) is 11.3 Å². The molecule has 1 atom stereocenters. The molecule has 0 aromatic heterocycles. The number of carboxylic acids is 1. The van der Waals surface area contributed by atoms with Crippen molar-refractivity contribution in [3.63, 3.8) is 0 Å². The minimum Gasteiger partial charge on any atom is -0.478 e. The Labute approximate surface area is 124 Å². The van der Waals surface area contributed by atoms with E-state index in [-0.39, 0.29) is 11.3 Å². The van der Waals surface area contributed by atoms with Crippen LogP contribution in [-0.4, -0.2) is 24.2 Å². The Morgan fingerprint density at radius 3 is 2.86 bits per heavy atom. The van der Waals surface area contributed by atoms with E-state index in [1.807, 2.05) is 4.90 Å².